The normalized spacial score (nSPS) is 25.5. The van der Waals surface area contributed by atoms with Crippen LogP contribution in [0, 0.1) is 0 Å². The molecule has 1 unspecified atom stereocenters. The van der Waals surface area contributed by atoms with Crippen molar-refractivity contribution in [3.05, 3.63) is 29.8 Å². The third-order valence-electron chi connectivity index (χ3n) is 4.52. The summed E-state index contributed by atoms with van der Waals surface area (Å²) in [5, 5.41) is 3.54. The largest absolute Gasteiger partial charge is 0.369 e. The van der Waals surface area contributed by atoms with E-state index in [1.165, 1.54) is 38.2 Å². The highest BCUT2D eigenvalue weighted by Crippen LogP contribution is 2.32. The molecule has 2 aliphatic heterocycles. The van der Waals surface area contributed by atoms with Gasteiger partial charge in [0.05, 0.1) is 0 Å². The second kappa shape index (κ2) is 5.93. The standard InChI is InChI=1S/C16H25N3/c1-18-9-11-19(12-10-18)16-7-3-2-6-15(16)14-5-4-8-17-13-14/h2-3,6-7,14,17H,4-5,8-13H2,1H3. The molecule has 2 fully saturated rings. The summed E-state index contributed by atoms with van der Waals surface area (Å²) >= 11 is 0. The Balaban J connectivity index is 1.80. The lowest BCUT2D eigenvalue weighted by Gasteiger charge is -2.36. The molecule has 1 N–H and O–H groups in total. The zero-order valence-electron chi connectivity index (χ0n) is 11.9. The molecule has 1 atom stereocenters. The Kier molecular flexibility index (Phi) is 4.04. The minimum absolute atomic E-state index is 0.699. The molecule has 2 aliphatic rings. The van der Waals surface area contributed by atoms with Crippen LogP contribution in [0.4, 0.5) is 5.69 Å². The maximum Gasteiger partial charge on any atom is 0.0402 e. The third kappa shape index (κ3) is 2.93. The average molecular weight is 259 g/mol. The van der Waals surface area contributed by atoms with Crippen LogP contribution in [-0.2, 0) is 0 Å². The maximum absolute atomic E-state index is 3.54. The van der Waals surface area contributed by atoms with Gasteiger partial charge in [-0.1, -0.05) is 18.2 Å². The van der Waals surface area contributed by atoms with E-state index in [1.54, 1.807) is 5.56 Å². The molecule has 2 heterocycles. The van der Waals surface area contributed by atoms with Gasteiger partial charge >= 0.3 is 0 Å². The van der Waals surface area contributed by atoms with E-state index in [9.17, 15) is 0 Å². The van der Waals surface area contributed by atoms with E-state index in [2.05, 4.69) is 46.4 Å². The number of para-hydroxylation sites is 1. The van der Waals surface area contributed by atoms with Gasteiger partial charge in [0.1, 0.15) is 0 Å². The van der Waals surface area contributed by atoms with Crippen LogP contribution in [0.2, 0.25) is 0 Å². The molecule has 0 saturated carbocycles. The molecule has 19 heavy (non-hydrogen) atoms. The molecule has 0 bridgehead atoms. The van der Waals surface area contributed by atoms with Gasteiger partial charge in [0.15, 0.2) is 0 Å². The number of rotatable bonds is 2. The summed E-state index contributed by atoms with van der Waals surface area (Å²) in [6.45, 7) is 7.01. The van der Waals surface area contributed by atoms with Crippen molar-refractivity contribution < 1.29 is 0 Å². The number of nitrogens with one attached hydrogen (secondary N) is 1. The lowest BCUT2D eigenvalue weighted by Crippen LogP contribution is -2.45. The Bertz CT molecular complexity index is 404. The first-order valence-electron chi connectivity index (χ1n) is 7.58. The van der Waals surface area contributed by atoms with Crippen LogP contribution >= 0.6 is 0 Å². The molecule has 1 aromatic rings. The summed E-state index contributed by atoms with van der Waals surface area (Å²) in [6, 6.07) is 9.04. The molecule has 3 heteroatoms. The van der Waals surface area contributed by atoms with E-state index >= 15 is 0 Å². The van der Waals surface area contributed by atoms with Gasteiger partial charge in [0.25, 0.3) is 0 Å². The lowest BCUT2D eigenvalue weighted by molar-refractivity contribution is 0.312. The number of nitrogens with zero attached hydrogens (tertiary/aromatic N) is 2. The Morgan fingerprint density at radius 2 is 1.89 bits per heavy atom. The van der Waals surface area contributed by atoms with Gasteiger partial charge in [0, 0.05) is 38.4 Å². The molecule has 0 radical (unpaired) electrons. The predicted octanol–water partition coefficient (Wildman–Crippen LogP) is 1.91. The first-order valence-corrected chi connectivity index (χ1v) is 7.58. The smallest absolute Gasteiger partial charge is 0.0402 e. The maximum atomic E-state index is 3.54. The number of benzene rings is 1. The van der Waals surface area contributed by atoms with Gasteiger partial charge in [-0.05, 0) is 44.0 Å². The fourth-order valence-electron chi connectivity index (χ4n) is 3.29. The molecule has 2 saturated heterocycles. The molecule has 0 spiro atoms. The summed E-state index contributed by atoms with van der Waals surface area (Å²) in [6.07, 6.45) is 2.64. The van der Waals surface area contributed by atoms with Crippen LogP contribution < -0.4 is 10.2 Å². The highest BCUT2D eigenvalue weighted by Gasteiger charge is 2.22. The summed E-state index contributed by atoms with van der Waals surface area (Å²) in [5.74, 6) is 0.699. The third-order valence-corrected chi connectivity index (χ3v) is 4.52. The quantitative estimate of drug-likeness (QED) is 0.875. The van der Waals surface area contributed by atoms with Gasteiger partial charge < -0.3 is 15.1 Å². The first-order chi connectivity index (χ1) is 9.34. The second-order valence-corrected chi connectivity index (χ2v) is 5.89. The van der Waals surface area contributed by atoms with Crippen molar-refractivity contribution in [2.45, 2.75) is 18.8 Å². The van der Waals surface area contributed by atoms with Crippen LogP contribution in [0.1, 0.15) is 24.3 Å². The highest BCUT2D eigenvalue weighted by atomic mass is 15.2. The SMILES string of the molecule is CN1CCN(c2ccccc2C2CCCNC2)CC1. The number of anilines is 1. The summed E-state index contributed by atoms with van der Waals surface area (Å²) < 4.78 is 0. The van der Waals surface area contributed by atoms with Crippen molar-refractivity contribution in [3.8, 4) is 0 Å². The number of hydrogen-bond acceptors (Lipinski definition) is 3. The van der Waals surface area contributed by atoms with Crippen molar-refractivity contribution >= 4 is 5.69 Å². The Labute approximate surface area is 116 Å². The van der Waals surface area contributed by atoms with Crippen LogP contribution in [0.3, 0.4) is 0 Å². The fraction of sp³-hybridized carbons (Fsp3) is 0.625. The fourth-order valence-corrected chi connectivity index (χ4v) is 3.29. The molecule has 3 nitrogen and oxygen atoms in total. The van der Waals surface area contributed by atoms with Crippen molar-refractivity contribution in [1.82, 2.24) is 10.2 Å². The van der Waals surface area contributed by atoms with Crippen LogP contribution in [-0.4, -0.2) is 51.2 Å². The lowest BCUT2D eigenvalue weighted by atomic mass is 9.90. The summed E-state index contributed by atoms with van der Waals surface area (Å²) in [4.78, 5) is 4.99. The Morgan fingerprint density at radius 3 is 2.63 bits per heavy atom. The first kappa shape index (κ1) is 12.9. The van der Waals surface area contributed by atoms with Crippen molar-refractivity contribution in [2.75, 3.05) is 51.2 Å². The summed E-state index contributed by atoms with van der Waals surface area (Å²) in [7, 11) is 2.22. The molecule has 0 aromatic heterocycles. The van der Waals surface area contributed by atoms with Crippen LogP contribution in [0.15, 0.2) is 24.3 Å². The van der Waals surface area contributed by atoms with Gasteiger partial charge in [0.2, 0.25) is 0 Å². The highest BCUT2D eigenvalue weighted by molar-refractivity contribution is 5.55. The van der Waals surface area contributed by atoms with E-state index in [4.69, 9.17) is 0 Å². The van der Waals surface area contributed by atoms with E-state index < -0.39 is 0 Å². The van der Waals surface area contributed by atoms with Crippen molar-refractivity contribution in [1.29, 1.82) is 0 Å². The van der Waals surface area contributed by atoms with Crippen LogP contribution in [0.25, 0.3) is 0 Å². The summed E-state index contributed by atoms with van der Waals surface area (Å²) in [5.41, 5.74) is 3.03. The molecular weight excluding hydrogens is 234 g/mol. The molecule has 3 rings (SSSR count). The average Bonchev–Trinajstić information content (AvgIpc) is 2.49. The van der Waals surface area contributed by atoms with E-state index in [1.807, 2.05) is 0 Å². The van der Waals surface area contributed by atoms with Crippen LogP contribution in [0.5, 0.6) is 0 Å². The van der Waals surface area contributed by atoms with Gasteiger partial charge in [-0.3, -0.25) is 0 Å². The van der Waals surface area contributed by atoms with Crippen molar-refractivity contribution in [2.24, 2.45) is 0 Å². The molecule has 104 valence electrons. The number of likely N-dealkylation sites (N-methyl/N-ethyl adjacent to an activating group) is 1. The molecular formula is C16H25N3. The van der Waals surface area contributed by atoms with E-state index in [0.29, 0.717) is 5.92 Å². The van der Waals surface area contributed by atoms with E-state index in [0.717, 1.165) is 19.6 Å². The minimum atomic E-state index is 0.699. The number of piperidine rings is 1. The van der Waals surface area contributed by atoms with E-state index in [-0.39, 0.29) is 0 Å². The predicted molar refractivity (Wildman–Crippen MR) is 81.0 cm³/mol. The van der Waals surface area contributed by atoms with Gasteiger partial charge in [-0.25, -0.2) is 0 Å². The second-order valence-electron chi connectivity index (χ2n) is 5.89. The Hall–Kier alpha value is -1.06. The molecule has 0 aliphatic carbocycles. The topological polar surface area (TPSA) is 18.5 Å². The van der Waals surface area contributed by atoms with Gasteiger partial charge in [-0.15, -0.1) is 0 Å². The minimum Gasteiger partial charge on any atom is -0.369 e. The van der Waals surface area contributed by atoms with Gasteiger partial charge in [-0.2, -0.15) is 0 Å². The zero-order valence-corrected chi connectivity index (χ0v) is 11.9. The molecule has 1 aromatic carbocycles. The number of hydrogen-bond donors (Lipinski definition) is 1. The van der Waals surface area contributed by atoms with Crippen molar-refractivity contribution in [3.63, 3.8) is 0 Å². The zero-order chi connectivity index (χ0) is 13.1. The Morgan fingerprint density at radius 1 is 1.11 bits per heavy atom. The monoisotopic (exact) mass is 259 g/mol. The molecule has 0 amide bonds. The number of piperazine rings is 1.